The van der Waals surface area contributed by atoms with E-state index < -0.39 is 7.60 Å². The Morgan fingerprint density at radius 2 is 1.86 bits per heavy atom. The first-order valence-electron chi connectivity index (χ1n) is 1.25. The fourth-order valence-corrected chi connectivity index (χ4v) is 0. The van der Waals surface area contributed by atoms with Gasteiger partial charge in [0.1, 0.15) is 0 Å². The largest absolute Gasteiger partial charge is 1.00 e. The molecule has 0 atom stereocenters. The molecule has 0 amide bonds. The summed E-state index contributed by atoms with van der Waals surface area (Å²) in [6, 6.07) is 0. The second kappa shape index (κ2) is 3.48. The van der Waals surface area contributed by atoms with Crippen LogP contribution in [0, 0.1) is 0 Å². The molecular formula is C2H6LiO3P. The van der Waals surface area contributed by atoms with Gasteiger partial charge >= 0.3 is 26.5 Å². The van der Waals surface area contributed by atoms with E-state index in [1.807, 2.05) is 0 Å². The Balaban J connectivity index is -0.000000125. The van der Waals surface area contributed by atoms with Crippen LogP contribution in [0.15, 0.2) is 12.4 Å². The third kappa shape index (κ3) is 10.7. The van der Waals surface area contributed by atoms with Crippen LogP contribution >= 0.6 is 7.60 Å². The molecule has 0 aliphatic rings. The van der Waals surface area contributed by atoms with Crippen LogP contribution in [0.2, 0.25) is 0 Å². The van der Waals surface area contributed by atoms with Crippen LogP contribution in [0.5, 0.6) is 0 Å². The monoisotopic (exact) mass is 116 g/mol. The minimum Gasteiger partial charge on any atom is -1.00 e. The zero-order valence-corrected chi connectivity index (χ0v) is 4.93. The minimum atomic E-state index is -3.88. The summed E-state index contributed by atoms with van der Waals surface area (Å²) in [5.74, 6) is 0.604. The van der Waals surface area contributed by atoms with Gasteiger partial charge < -0.3 is 11.2 Å². The molecule has 0 heterocycles. The van der Waals surface area contributed by atoms with E-state index in [2.05, 4.69) is 6.58 Å². The van der Waals surface area contributed by atoms with E-state index >= 15 is 0 Å². The quantitative estimate of drug-likeness (QED) is 0.292. The summed E-state index contributed by atoms with van der Waals surface area (Å²) in [5.41, 5.74) is 0. The van der Waals surface area contributed by atoms with Crippen molar-refractivity contribution < 1.29 is 34.6 Å². The molecule has 7 heavy (non-hydrogen) atoms. The van der Waals surface area contributed by atoms with Gasteiger partial charge in [0.25, 0.3) is 0 Å². The van der Waals surface area contributed by atoms with Gasteiger partial charge in [0.2, 0.25) is 0 Å². The van der Waals surface area contributed by atoms with Crippen molar-refractivity contribution >= 4 is 7.60 Å². The van der Waals surface area contributed by atoms with Gasteiger partial charge in [-0.15, -0.1) is 0 Å². The molecule has 0 saturated heterocycles. The van der Waals surface area contributed by atoms with Gasteiger partial charge in [-0.1, -0.05) is 6.58 Å². The predicted octanol–water partition coefficient (Wildman–Crippen LogP) is -2.58. The molecule has 0 radical (unpaired) electrons. The Labute approximate surface area is 55.2 Å². The van der Waals surface area contributed by atoms with Gasteiger partial charge in [-0.3, -0.25) is 4.57 Å². The number of hydrogen-bond acceptors (Lipinski definition) is 1. The van der Waals surface area contributed by atoms with Crippen molar-refractivity contribution in [2.75, 3.05) is 0 Å². The summed E-state index contributed by atoms with van der Waals surface area (Å²) in [6.07, 6.45) is 0. The molecule has 38 valence electrons. The van der Waals surface area contributed by atoms with Crippen LogP contribution in [0.25, 0.3) is 0 Å². The smallest absolute Gasteiger partial charge is 1.00 e. The summed E-state index contributed by atoms with van der Waals surface area (Å²) in [5, 5.41) is 0. The van der Waals surface area contributed by atoms with Crippen LogP contribution < -0.4 is 18.9 Å². The first-order valence-corrected chi connectivity index (χ1v) is 2.93. The van der Waals surface area contributed by atoms with E-state index in [0.717, 1.165) is 0 Å². The molecule has 0 saturated carbocycles. The predicted molar refractivity (Wildman–Crippen MR) is 23.4 cm³/mol. The normalized spacial score (nSPS) is 9.43. The van der Waals surface area contributed by atoms with Gasteiger partial charge in [0, 0.05) is 5.82 Å². The maximum atomic E-state index is 9.58. The van der Waals surface area contributed by atoms with Gasteiger partial charge in [-0.05, 0) is 0 Å². The Morgan fingerprint density at radius 3 is 1.86 bits per heavy atom. The Hall–Kier alpha value is 0.487. The first kappa shape index (κ1) is 10.5. The molecule has 0 aromatic heterocycles. The van der Waals surface area contributed by atoms with Crippen molar-refractivity contribution in [2.24, 2.45) is 0 Å². The van der Waals surface area contributed by atoms with Gasteiger partial charge in [0.15, 0.2) is 0 Å². The molecule has 0 bridgehead atoms. The Bertz CT molecular complexity index is 99.5. The van der Waals surface area contributed by atoms with E-state index in [4.69, 9.17) is 9.79 Å². The molecule has 2 N–H and O–H groups in total. The molecule has 0 aliphatic carbocycles. The Morgan fingerprint density at radius 1 is 1.71 bits per heavy atom. The average molecular weight is 116 g/mol. The van der Waals surface area contributed by atoms with Crippen molar-refractivity contribution in [3.63, 3.8) is 0 Å². The summed E-state index contributed by atoms with van der Waals surface area (Å²) >= 11 is 0. The van der Waals surface area contributed by atoms with E-state index in [-0.39, 0.29) is 20.3 Å². The van der Waals surface area contributed by atoms with Gasteiger partial charge in [-0.25, -0.2) is 0 Å². The van der Waals surface area contributed by atoms with Crippen LogP contribution in [0.3, 0.4) is 0 Å². The summed E-state index contributed by atoms with van der Waals surface area (Å²) in [4.78, 5) is 15.6. The van der Waals surface area contributed by atoms with E-state index in [9.17, 15) is 4.57 Å². The van der Waals surface area contributed by atoms with Gasteiger partial charge in [0.05, 0.1) is 0 Å². The van der Waals surface area contributed by atoms with Crippen molar-refractivity contribution in [3.8, 4) is 0 Å². The van der Waals surface area contributed by atoms with E-state index in [1.165, 1.54) is 0 Å². The molecular weight excluding hydrogens is 110 g/mol. The minimum absolute atomic E-state index is 0. The first-order chi connectivity index (χ1) is 2.56. The second-order valence-corrected chi connectivity index (χ2v) is 2.31. The summed E-state index contributed by atoms with van der Waals surface area (Å²) in [7, 11) is -3.88. The second-order valence-electron chi connectivity index (χ2n) is 0.772. The van der Waals surface area contributed by atoms with Crippen LogP contribution in [-0.4, -0.2) is 9.79 Å². The van der Waals surface area contributed by atoms with Crippen molar-refractivity contribution in [1.82, 2.24) is 0 Å². The topological polar surface area (TPSA) is 57.5 Å². The standard InChI is InChI=1S/C2H5O3P.Li.H/c1-2-6(3,4)5;;/h2H,1H2,(H2,3,4,5);;/q;+1;-1. The fraction of sp³-hybridized carbons (Fsp3) is 0. The van der Waals surface area contributed by atoms with Crippen molar-refractivity contribution in [3.05, 3.63) is 12.4 Å². The summed E-state index contributed by atoms with van der Waals surface area (Å²) in [6.45, 7) is 2.87. The third-order valence-corrected chi connectivity index (χ3v) is 0.714. The van der Waals surface area contributed by atoms with Crippen molar-refractivity contribution in [1.29, 1.82) is 0 Å². The van der Waals surface area contributed by atoms with E-state index in [0.29, 0.717) is 5.82 Å². The SMILES string of the molecule is C=CP(=O)(O)O.[H-].[Li+]. The molecule has 0 spiro atoms. The molecule has 0 rings (SSSR count). The van der Waals surface area contributed by atoms with Crippen LogP contribution in [-0.2, 0) is 4.57 Å². The van der Waals surface area contributed by atoms with E-state index in [1.54, 1.807) is 0 Å². The van der Waals surface area contributed by atoms with Crippen molar-refractivity contribution in [2.45, 2.75) is 0 Å². The zero-order chi connectivity index (χ0) is 5.21. The third-order valence-electron chi connectivity index (χ3n) is 0.238. The molecule has 3 nitrogen and oxygen atoms in total. The van der Waals surface area contributed by atoms with Gasteiger partial charge in [-0.2, -0.15) is 0 Å². The Kier molecular flexibility index (Phi) is 5.21. The summed E-state index contributed by atoms with van der Waals surface area (Å²) < 4.78 is 9.58. The molecule has 0 aliphatic heterocycles. The zero-order valence-electron chi connectivity index (χ0n) is 5.03. The molecule has 0 aromatic carbocycles. The maximum absolute atomic E-state index is 9.58. The number of hydrogen-bond donors (Lipinski definition) is 2. The molecule has 0 fully saturated rings. The van der Waals surface area contributed by atoms with Crippen LogP contribution in [0.4, 0.5) is 0 Å². The van der Waals surface area contributed by atoms with Crippen LogP contribution in [0.1, 0.15) is 1.43 Å². The molecule has 0 unspecified atom stereocenters. The maximum Gasteiger partial charge on any atom is 1.00 e. The molecule has 0 aromatic rings. The fourth-order valence-electron chi connectivity index (χ4n) is 0. The number of rotatable bonds is 1. The molecule has 5 heteroatoms. The average Bonchev–Trinajstić information content (AvgIpc) is 1.35.